The Morgan fingerprint density at radius 3 is 1.44 bits per heavy atom. The zero-order valence-electron chi connectivity index (χ0n) is 12.4. The van der Waals surface area contributed by atoms with Crippen molar-refractivity contribution in [3.8, 4) is 0 Å². The second-order valence-electron chi connectivity index (χ2n) is 5.29. The molecule has 2 aliphatic rings. The van der Waals surface area contributed by atoms with Gasteiger partial charge in [-0.3, -0.25) is 0 Å². The zero-order chi connectivity index (χ0) is 13.2. The minimum atomic E-state index is 0.711. The average molecular weight is 256 g/mol. The van der Waals surface area contributed by atoms with Gasteiger partial charge in [0.1, 0.15) is 0 Å². The Bertz CT molecular complexity index is 172. The van der Waals surface area contributed by atoms with Crippen molar-refractivity contribution in [2.45, 2.75) is 58.2 Å². The largest absolute Gasteiger partial charge is 0.314 e. The van der Waals surface area contributed by atoms with Crippen LogP contribution in [0.3, 0.4) is 0 Å². The van der Waals surface area contributed by atoms with E-state index >= 15 is 0 Å². The summed E-state index contributed by atoms with van der Waals surface area (Å²) < 4.78 is 0. The van der Waals surface area contributed by atoms with Crippen LogP contribution in [-0.2, 0) is 0 Å². The van der Waals surface area contributed by atoms with Crippen molar-refractivity contribution in [1.82, 2.24) is 21.3 Å². The summed E-state index contributed by atoms with van der Waals surface area (Å²) in [4.78, 5) is 0. The van der Waals surface area contributed by atoms with Crippen molar-refractivity contribution in [3.63, 3.8) is 0 Å². The third-order valence-electron chi connectivity index (χ3n) is 3.91. The lowest BCUT2D eigenvalue weighted by molar-refractivity contribution is 0.334. The molecule has 2 heterocycles. The molecule has 0 aromatic rings. The summed E-state index contributed by atoms with van der Waals surface area (Å²) >= 11 is 0. The van der Waals surface area contributed by atoms with Crippen LogP contribution in [0.5, 0.6) is 0 Å². The van der Waals surface area contributed by atoms with Crippen molar-refractivity contribution in [3.05, 3.63) is 0 Å². The lowest BCUT2D eigenvalue weighted by Gasteiger charge is -2.29. The van der Waals surface area contributed by atoms with Crippen LogP contribution in [0.4, 0.5) is 0 Å². The molecule has 0 aromatic heterocycles. The summed E-state index contributed by atoms with van der Waals surface area (Å²) in [7, 11) is 0. The number of piperazine rings is 2. The topological polar surface area (TPSA) is 48.1 Å². The molecular weight excluding hydrogens is 224 g/mol. The minimum absolute atomic E-state index is 0.711. The second kappa shape index (κ2) is 9.73. The minimum Gasteiger partial charge on any atom is -0.314 e. The molecule has 0 bridgehead atoms. The lowest BCUT2D eigenvalue weighted by atomic mass is 10.1. The molecule has 0 spiro atoms. The van der Waals surface area contributed by atoms with Gasteiger partial charge >= 0.3 is 0 Å². The van der Waals surface area contributed by atoms with Gasteiger partial charge in [0.25, 0.3) is 0 Å². The van der Waals surface area contributed by atoms with E-state index in [1.807, 2.05) is 0 Å². The van der Waals surface area contributed by atoms with Gasteiger partial charge in [-0.2, -0.15) is 0 Å². The summed E-state index contributed by atoms with van der Waals surface area (Å²) in [6.07, 6.45) is 3.72. The highest BCUT2D eigenvalue weighted by atomic mass is 15.1. The second-order valence-corrected chi connectivity index (χ2v) is 5.29. The fourth-order valence-electron chi connectivity index (χ4n) is 2.34. The molecule has 0 aromatic carbocycles. The molecule has 2 aliphatic heterocycles. The highest BCUT2D eigenvalue weighted by molar-refractivity contribution is 4.80. The van der Waals surface area contributed by atoms with E-state index in [2.05, 4.69) is 42.0 Å². The Labute approximate surface area is 113 Å². The van der Waals surface area contributed by atoms with Crippen LogP contribution >= 0.6 is 0 Å². The number of rotatable bonds is 3. The van der Waals surface area contributed by atoms with Crippen molar-refractivity contribution >= 4 is 0 Å². The van der Waals surface area contributed by atoms with Gasteiger partial charge in [0.2, 0.25) is 0 Å². The lowest BCUT2D eigenvalue weighted by Crippen LogP contribution is -2.53. The van der Waals surface area contributed by atoms with E-state index in [0.29, 0.717) is 12.1 Å². The molecular formula is C14H32N4. The molecule has 108 valence electrons. The molecule has 0 saturated carbocycles. The van der Waals surface area contributed by atoms with Gasteiger partial charge in [0.05, 0.1) is 0 Å². The van der Waals surface area contributed by atoms with Gasteiger partial charge in [0.15, 0.2) is 0 Å². The normalized spacial score (nSPS) is 32.5. The van der Waals surface area contributed by atoms with E-state index < -0.39 is 0 Å². The van der Waals surface area contributed by atoms with E-state index in [-0.39, 0.29) is 0 Å². The summed E-state index contributed by atoms with van der Waals surface area (Å²) in [5.74, 6) is 0. The molecule has 0 radical (unpaired) electrons. The van der Waals surface area contributed by atoms with Crippen LogP contribution in [0.2, 0.25) is 0 Å². The molecule has 2 saturated heterocycles. The van der Waals surface area contributed by atoms with Crippen molar-refractivity contribution < 1.29 is 0 Å². The summed E-state index contributed by atoms with van der Waals surface area (Å²) in [5.41, 5.74) is 0. The van der Waals surface area contributed by atoms with E-state index in [0.717, 1.165) is 38.8 Å². The maximum Gasteiger partial charge on any atom is 0.0190 e. The maximum atomic E-state index is 3.51. The van der Waals surface area contributed by atoms with Gasteiger partial charge in [-0.05, 0) is 19.3 Å². The van der Waals surface area contributed by atoms with Crippen LogP contribution in [0.1, 0.15) is 40.0 Å². The number of nitrogens with one attached hydrogen (secondary N) is 4. The SMILES string of the molecule is CCC1CNC(CC)CN1.CCC1CNCCN1. The monoisotopic (exact) mass is 256 g/mol. The van der Waals surface area contributed by atoms with Crippen LogP contribution in [0.25, 0.3) is 0 Å². The summed E-state index contributed by atoms with van der Waals surface area (Å²) in [6.45, 7) is 12.4. The summed E-state index contributed by atoms with van der Waals surface area (Å²) in [5, 5.41) is 13.7. The highest BCUT2D eigenvalue weighted by Crippen LogP contribution is 1.99. The Morgan fingerprint density at radius 2 is 1.17 bits per heavy atom. The van der Waals surface area contributed by atoms with Crippen molar-refractivity contribution in [1.29, 1.82) is 0 Å². The smallest absolute Gasteiger partial charge is 0.0190 e. The first-order valence-electron chi connectivity index (χ1n) is 7.70. The number of hydrogen-bond donors (Lipinski definition) is 4. The van der Waals surface area contributed by atoms with Crippen LogP contribution in [-0.4, -0.2) is 50.8 Å². The molecule has 4 N–H and O–H groups in total. The van der Waals surface area contributed by atoms with Gasteiger partial charge < -0.3 is 21.3 Å². The average Bonchev–Trinajstić information content (AvgIpc) is 2.49. The van der Waals surface area contributed by atoms with Gasteiger partial charge in [-0.15, -0.1) is 0 Å². The molecule has 3 atom stereocenters. The predicted octanol–water partition coefficient (Wildman–Crippen LogP) is 0.694. The first-order valence-corrected chi connectivity index (χ1v) is 7.70. The fraction of sp³-hybridized carbons (Fsp3) is 1.00. The Hall–Kier alpha value is -0.160. The van der Waals surface area contributed by atoms with Crippen molar-refractivity contribution in [2.75, 3.05) is 32.7 Å². The molecule has 4 nitrogen and oxygen atoms in total. The summed E-state index contributed by atoms with van der Waals surface area (Å²) in [6, 6.07) is 2.15. The molecule has 4 heteroatoms. The molecule has 0 amide bonds. The molecule has 18 heavy (non-hydrogen) atoms. The molecule has 3 unspecified atom stereocenters. The molecule has 2 fully saturated rings. The van der Waals surface area contributed by atoms with E-state index in [4.69, 9.17) is 0 Å². The third-order valence-corrected chi connectivity index (χ3v) is 3.91. The maximum absolute atomic E-state index is 3.51. The van der Waals surface area contributed by atoms with Crippen LogP contribution in [0.15, 0.2) is 0 Å². The third kappa shape index (κ3) is 6.14. The van der Waals surface area contributed by atoms with E-state index in [1.54, 1.807) is 0 Å². The Balaban J connectivity index is 0.000000184. The zero-order valence-corrected chi connectivity index (χ0v) is 12.4. The Kier molecular flexibility index (Phi) is 8.59. The number of hydrogen-bond acceptors (Lipinski definition) is 4. The molecule has 2 rings (SSSR count). The predicted molar refractivity (Wildman–Crippen MR) is 79.1 cm³/mol. The molecule has 0 aliphatic carbocycles. The van der Waals surface area contributed by atoms with Gasteiger partial charge in [0, 0.05) is 50.8 Å². The van der Waals surface area contributed by atoms with E-state index in [1.165, 1.54) is 19.3 Å². The first-order chi connectivity index (χ1) is 8.80. The van der Waals surface area contributed by atoms with Crippen LogP contribution < -0.4 is 21.3 Å². The fourth-order valence-corrected chi connectivity index (χ4v) is 2.34. The standard InChI is InChI=1S/C8H18N2.C6H14N2/c1-3-7-5-10-8(4-2)6-9-7;1-2-6-5-7-3-4-8-6/h7-10H,3-6H2,1-2H3;6-8H,2-5H2,1H3. The van der Waals surface area contributed by atoms with Crippen LogP contribution in [0, 0.1) is 0 Å². The van der Waals surface area contributed by atoms with Gasteiger partial charge in [-0.1, -0.05) is 20.8 Å². The first kappa shape index (κ1) is 15.9. The quantitative estimate of drug-likeness (QED) is 0.600. The Morgan fingerprint density at radius 1 is 0.667 bits per heavy atom. The van der Waals surface area contributed by atoms with E-state index in [9.17, 15) is 0 Å². The van der Waals surface area contributed by atoms with Crippen molar-refractivity contribution in [2.24, 2.45) is 0 Å². The highest BCUT2D eigenvalue weighted by Gasteiger charge is 2.15. The van der Waals surface area contributed by atoms with Gasteiger partial charge in [-0.25, -0.2) is 0 Å².